The van der Waals surface area contributed by atoms with E-state index in [1.54, 1.807) is 10.5 Å². The zero-order chi connectivity index (χ0) is 18.3. The first-order chi connectivity index (χ1) is 11.0. The molecule has 0 saturated heterocycles. The molecule has 140 valence electrons. The molecule has 0 aromatic carbocycles. The second-order valence-electron chi connectivity index (χ2n) is 5.96. The van der Waals surface area contributed by atoms with E-state index in [1.165, 1.54) is 51.4 Å². The summed E-state index contributed by atoms with van der Waals surface area (Å²) < 4.78 is 0. The van der Waals surface area contributed by atoms with Gasteiger partial charge in [-0.05, 0) is 0 Å². The van der Waals surface area contributed by atoms with Gasteiger partial charge in [0, 0.05) is 0 Å². The van der Waals surface area contributed by atoms with E-state index in [2.05, 4.69) is 45.9 Å². The molecular weight excluding hydrogens is 475 g/mol. The maximum absolute atomic E-state index is 5.14. The molecule has 2 nitrogen and oxygen atoms in total. The molecule has 0 amide bonds. The molecule has 4 N–H and O–H groups in total. The van der Waals surface area contributed by atoms with Gasteiger partial charge in [-0.3, -0.25) is 0 Å². The van der Waals surface area contributed by atoms with Gasteiger partial charge in [0.1, 0.15) is 0 Å². The van der Waals surface area contributed by atoms with Gasteiger partial charge < -0.3 is 0 Å². The molecule has 0 aromatic rings. The summed E-state index contributed by atoms with van der Waals surface area (Å²) in [7, 11) is 0. The quantitative estimate of drug-likeness (QED) is 0.296. The third kappa shape index (κ3) is 45.2. The fraction of sp³-hybridized carbons (Fsp3) is 1.00. The standard InChI is InChI=1S/C12H26Ge.2C3H8NSe/c1-3-5-7-9-11-13-12-10-8-6-4-2;2*1-3(5)2-4/h3-12H2,1-2H3;2*3H,2,4H2,1H3. The Bertz CT molecular complexity index is 164. The van der Waals surface area contributed by atoms with Gasteiger partial charge in [-0.2, -0.15) is 0 Å². The Balaban J connectivity index is -0.000000329. The Hall–Kier alpha value is 1.50. The van der Waals surface area contributed by atoms with E-state index in [-0.39, 0.29) is 0 Å². The Morgan fingerprint density at radius 3 is 1.22 bits per heavy atom. The summed E-state index contributed by atoms with van der Waals surface area (Å²) in [6, 6.07) is 0. The van der Waals surface area contributed by atoms with Gasteiger partial charge in [-0.1, -0.05) is 0 Å². The van der Waals surface area contributed by atoms with Crippen molar-refractivity contribution in [2.45, 2.75) is 99.2 Å². The Morgan fingerprint density at radius 2 is 1.00 bits per heavy atom. The van der Waals surface area contributed by atoms with E-state index >= 15 is 0 Å². The van der Waals surface area contributed by atoms with Crippen LogP contribution in [-0.4, -0.2) is 60.5 Å². The van der Waals surface area contributed by atoms with E-state index in [0.717, 1.165) is 13.1 Å². The molecule has 4 radical (unpaired) electrons. The monoisotopic (exact) mass is 520 g/mol. The first kappa shape index (κ1) is 29.3. The second-order valence-corrected chi connectivity index (χ2v) is 12.5. The average Bonchev–Trinajstić information content (AvgIpc) is 2.54. The van der Waals surface area contributed by atoms with Crippen LogP contribution in [-0.2, 0) is 0 Å². The van der Waals surface area contributed by atoms with Gasteiger partial charge >= 0.3 is 171 Å². The molecule has 0 heterocycles. The Labute approximate surface area is 170 Å². The minimum absolute atomic E-state index is 0.468. The van der Waals surface area contributed by atoms with Crippen LogP contribution in [0.2, 0.25) is 20.1 Å². The molecular formula is C18H42GeN2Se2. The van der Waals surface area contributed by atoms with Gasteiger partial charge in [0.05, 0.1) is 0 Å². The molecule has 0 saturated carbocycles. The van der Waals surface area contributed by atoms with Crippen LogP contribution in [0.25, 0.3) is 0 Å². The number of nitrogens with two attached hydrogens (primary N) is 2. The van der Waals surface area contributed by atoms with E-state index in [9.17, 15) is 0 Å². The van der Waals surface area contributed by atoms with Crippen LogP contribution < -0.4 is 11.5 Å². The molecule has 0 aliphatic heterocycles. The van der Waals surface area contributed by atoms with Crippen LogP contribution in [0.4, 0.5) is 0 Å². The van der Waals surface area contributed by atoms with Crippen molar-refractivity contribution in [3.63, 3.8) is 0 Å². The van der Waals surface area contributed by atoms with Crippen molar-refractivity contribution in [1.82, 2.24) is 0 Å². The summed E-state index contributed by atoms with van der Waals surface area (Å²) in [5.74, 6) is 0. The van der Waals surface area contributed by atoms with Crippen LogP contribution >= 0.6 is 0 Å². The van der Waals surface area contributed by atoms with Crippen molar-refractivity contribution in [1.29, 1.82) is 0 Å². The Kier molecular flexibility index (Phi) is 36.0. The molecule has 0 rings (SSSR count). The molecule has 2 atom stereocenters. The van der Waals surface area contributed by atoms with Gasteiger partial charge in [0.2, 0.25) is 0 Å². The molecule has 0 aliphatic carbocycles. The van der Waals surface area contributed by atoms with Crippen LogP contribution in [0, 0.1) is 0 Å². The summed E-state index contributed by atoms with van der Waals surface area (Å²) in [6.45, 7) is 10.2. The van der Waals surface area contributed by atoms with Crippen LogP contribution in [0.15, 0.2) is 0 Å². The van der Waals surface area contributed by atoms with Crippen LogP contribution in [0.5, 0.6) is 0 Å². The predicted octanol–water partition coefficient (Wildman–Crippen LogP) is 4.53. The summed E-state index contributed by atoms with van der Waals surface area (Å²) in [5, 5.41) is 3.21. The molecule has 0 fully saturated rings. The fourth-order valence-corrected chi connectivity index (χ4v) is 4.10. The van der Waals surface area contributed by atoms with Crippen molar-refractivity contribution in [3.05, 3.63) is 0 Å². The van der Waals surface area contributed by atoms with Gasteiger partial charge in [0.25, 0.3) is 0 Å². The van der Waals surface area contributed by atoms with E-state index in [4.69, 9.17) is 11.5 Å². The van der Waals surface area contributed by atoms with Crippen molar-refractivity contribution >= 4 is 47.5 Å². The van der Waals surface area contributed by atoms with Crippen molar-refractivity contribution in [2.75, 3.05) is 13.1 Å². The third-order valence-corrected chi connectivity index (χ3v) is 6.85. The molecule has 5 heteroatoms. The average molecular weight is 517 g/mol. The third-order valence-electron chi connectivity index (χ3n) is 3.08. The molecule has 0 aliphatic rings. The van der Waals surface area contributed by atoms with Gasteiger partial charge in [0.15, 0.2) is 0 Å². The van der Waals surface area contributed by atoms with E-state index in [0.29, 0.717) is 25.1 Å². The predicted molar refractivity (Wildman–Crippen MR) is 112 cm³/mol. The van der Waals surface area contributed by atoms with Crippen molar-refractivity contribution in [2.24, 2.45) is 11.5 Å². The van der Waals surface area contributed by atoms with E-state index < -0.39 is 0 Å². The molecule has 2 unspecified atom stereocenters. The summed E-state index contributed by atoms with van der Waals surface area (Å²) in [6.07, 6.45) is 11.7. The fourth-order valence-electron chi connectivity index (χ4n) is 1.48. The zero-order valence-electron chi connectivity index (χ0n) is 16.1. The number of hydrogen-bond donors (Lipinski definition) is 2. The maximum atomic E-state index is 5.14. The molecule has 0 spiro atoms. The Morgan fingerprint density at radius 1 is 0.696 bits per heavy atom. The molecule has 0 aromatic heterocycles. The summed E-state index contributed by atoms with van der Waals surface area (Å²) in [4.78, 5) is 1.07. The topological polar surface area (TPSA) is 52.0 Å². The van der Waals surface area contributed by atoms with Crippen LogP contribution in [0.1, 0.15) is 79.1 Å². The van der Waals surface area contributed by atoms with E-state index in [1.807, 2.05) is 13.8 Å². The number of unbranched alkanes of at least 4 members (excludes halogenated alkanes) is 6. The minimum atomic E-state index is 0.468. The number of rotatable bonds is 12. The molecule has 23 heavy (non-hydrogen) atoms. The molecule has 0 bridgehead atoms. The number of hydrogen-bond acceptors (Lipinski definition) is 2. The van der Waals surface area contributed by atoms with Crippen molar-refractivity contribution < 1.29 is 0 Å². The van der Waals surface area contributed by atoms with Crippen LogP contribution in [0.3, 0.4) is 0 Å². The normalized spacial score (nSPS) is 12.5. The first-order valence-electron chi connectivity index (χ1n) is 9.38. The first-order valence-corrected chi connectivity index (χ1v) is 14.3. The van der Waals surface area contributed by atoms with Gasteiger partial charge in [-0.15, -0.1) is 0 Å². The summed E-state index contributed by atoms with van der Waals surface area (Å²) in [5.41, 5.74) is 10.3. The zero-order valence-corrected chi connectivity index (χ0v) is 21.6. The van der Waals surface area contributed by atoms with Crippen molar-refractivity contribution in [3.8, 4) is 0 Å². The summed E-state index contributed by atoms with van der Waals surface area (Å²) >= 11 is 6.20. The van der Waals surface area contributed by atoms with Gasteiger partial charge in [-0.25, -0.2) is 0 Å². The SMILES string of the molecule is CC([Se])CN.CC([Se])CN.CCCCC[CH2][Ge][CH2]CCCCC. The second kappa shape index (κ2) is 28.3.